The van der Waals surface area contributed by atoms with E-state index in [0.29, 0.717) is 19.0 Å². The van der Waals surface area contributed by atoms with Crippen LogP contribution in [0.3, 0.4) is 0 Å². The number of ether oxygens (including phenoxy) is 1. The van der Waals surface area contributed by atoms with Crippen molar-refractivity contribution in [2.24, 2.45) is 0 Å². The highest BCUT2D eigenvalue weighted by atomic mass is 32.2. The number of rotatable bonds is 11. The number of amides is 1. The van der Waals surface area contributed by atoms with Crippen molar-refractivity contribution in [3.05, 3.63) is 120 Å². The van der Waals surface area contributed by atoms with E-state index >= 15 is 0 Å². The number of fused-ring (bicyclic) bond motifs is 1. The number of hydrogen-bond acceptors (Lipinski definition) is 7. The molecule has 0 aliphatic carbocycles. The Morgan fingerprint density at radius 3 is 2.37 bits per heavy atom. The standard InChI is InChI=1S/C38H43N7O3S/c1-26(40-32-18-19-33(31-13-9-8-12-30(31)32)48-22-20-27-11-10-21-39-24-27)41-35-23-34(37(2,3)4)42-45(35)29-16-14-28(15-17-29)25-44-38(5,6)36(46)43-49(44,7)47/h8-19,21,23-24,40-41H,1,7,20,22,25H2,2-6H3,(H,43,46,47). The van der Waals surface area contributed by atoms with E-state index in [1.165, 1.54) is 0 Å². The number of benzene rings is 3. The van der Waals surface area contributed by atoms with E-state index in [2.05, 4.69) is 65.7 Å². The molecule has 3 N–H and O–H groups in total. The van der Waals surface area contributed by atoms with E-state index < -0.39 is 15.4 Å². The van der Waals surface area contributed by atoms with Gasteiger partial charge < -0.3 is 15.4 Å². The van der Waals surface area contributed by atoms with Gasteiger partial charge >= 0.3 is 0 Å². The third-order valence-corrected chi connectivity index (χ3v) is 10.4. The summed E-state index contributed by atoms with van der Waals surface area (Å²) in [5.74, 6) is 5.61. The quantitative estimate of drug-likeness (QED) is 0.135. The van der Waals surface area contributed by atoms with Gasteiger partial charge in [0.05, 0.1) is 18.0 Å². The van der Waals surface area contributed by atoms with Crippen molar-refractivity contribution in [3.63, 3.8) is 0 Å². The summed E-state index contributed by atoms with van der Waals surface area (Å²) in [5, 5.41) is 13.9. The number of carbonyl (C=O) groups is 1. The molecule has 1 fully saturated rings. The average Bonchev–Trinajstić information content (AvgIpc) is 3.55. The molecule has 1 amide bonds. The Bertz CT molecular complexity index is 2120. The molecule has 5 aromatic rings. The molecule has 1 atom stereocenters. The maximum Gasteiger partial charge on any atom is 0.253 e. The molecule has 0 spiro atoms. The molecular weight excluding hydrogens is 635 g/mol. The molecule has 0 saturated carbocycles. The summed E-state index contributed by atoms with van der Waals surface area (Å²) in [6, 6.07) is 25.9. The number of carbonyl (C=O) groups excluding carboxylic acids is 1. The van der Waals surface area contributed by atoms with Crippen molar-refractivity contribution in [3.8, 4) is 11.4 Å². The first-order valence-corrected chi connectivity index (χ1v) is 17.8. The van der Waals surface area contributed by atoms with Crippen molar-refractivity contribution < 1.29 is 13.7 Å². The van der Waals surface area contributed by atoms with Crippen LogP contribution in [0.2, 0.25) is 0 Å². The summed E-state index contributed by atoms with van der Waals surface area (Å²) < 4.78 is 25.2. The van der Waals surface area contributed by atoms with E-state index in [1.54, 1.807) is 24.3 Å². The molecule has 6 rings (SSSR count). The Labute approximate surface area is 288 Å². The van der Waals surface area contributed by atoms with Crippen LogP contribution in [0.25, 0.3) is 16.5 Å². The summed E-state index contributed by atoms with van der Waals surface area (Å²) >= 11 is 0. The molecule has 1 unspecified atom stereocenters. The van der Waals surface area contributed by atoms with Crippen molar-refractivity contribution in [1.82, 2.24) is 23.8 Å². The van der Waals surface area contributed by atoms with Crippen molar-refractivity contribution in [2.45, 2.75) is 58.5 Å². The summed E-state index contributed by atoms with van der Waals surface area (Å²) in [7, 11) is -2.91. The van der Waals surface area contributed by atoms with Gasteiger partial charge in [-0.05, 0) is 61.2 Å². The number of anilines is 2. The van der Waals surface area contributed by atoms with Crippen LogP contribution in [-0.4, -0.2) is 47.2 Å². The minimum atomic E-state index is -2.91. The molecule has 0 radical (unpaired) electrons. The zero-order valence-corrected chi connectivity index (χ0v) is 29.4. The summed E-state index contributed by atoms with van der Waals surface area (Å²) in [6.45, 7) is 15.0. The van der Waals surface area contributed by atoms with E-state index in [4.69, 9.17) is 9.84 Å². The molecule has 49 heavy (non-hydrogen) atoms. The summed E-state index contributed by atoms with van der Waals surface area (Å²) in [6.07, 6.45) is 4.40. The van der Waals surface area contributed by atoms with E-state index in [-0.39, 0.29) is 11.3 Å². The molecule has 1 aliphatic heterocycles. The Morgan fingerprint density at radius 2 is 1.71 bits per heavy atom. The Kier molecular flexibility index (Phi) is 9.00. The third-order valence-electron chi connectivity index (χ3n) is 8.59. The smallest absolute Gasteiger partial charge is 0.253 e. The second kappa shape index (κ2) is 13.1. The monoisotopic (exact) mass is 677 g/mol. The number of pyridine rings is 1. The lowest BCUT2D eigenvalue weighted by molar-refractivity contribution is -0.125. The van der Waals surface area contributed by atoms with Gasteiger partial charge in [0.25, 0.3) is 5.91 Å². The van der Waals surface area contributed by atoms with Crippen LogP contribution in [-0.2, 0) is 33.1 Å². The lowest BCUT2D eigenvalue weighted by Gasteiger charge is -2.28. The molecule has 3 aromatic carbocycles. The fourth-order valence-corrected chi connectivity index (χ4v) is 7.56. The highest BCUT2D eigenvalue weighted by Crippen LogP contribution is 2.33. The minimum Gasteiger partial charge on any atom is -0.493 e. The highest BCUT2D eigenvalue weighted by Gasteiger charge is 2.46. The van der Waals surface area contributed by atoms with Crippen molar-refractivity contribution in [2.75, 3.05) is 17.2 Å². The van der Waals surface area contributed by atoms with Crippen LogP contribution >= 0.6 is 0 Å². The van der Waals surface area contributed by atoms with Crippen LogP contribution in [0.1, 0.15) is 51.4 Å². The van der Waals surface area contributed by atoms with Crippen LogP contribution in [0, 0.1) is 0 Å². The first-order valence-electron chi connectivity index (χ1n) is 16.2. The Balaban J connectivity index is 1.20. The van der Waals surface area contributed by atoms with E-state index in [0.717, 1.165) is 57.0 Å². The maximum absolute atomic E-state index is 13.0. The molecule has 0 bridgehead atoms. The van der Waals surface area contributed by atoms with Crippen LogP contribution in [0.4, 0.5) is 11.5 Å². The fraction of sp³-hybridized carbons (Fsp3) is 0.263. The lowest BCUT2D eigenvalue weighted by atomic mass is 9.92. The third kappa shape index (κ3) is 7.18. The second-order valence-corrected chi connectivity index (χ2v) is 15.7. The highest BCUT2D eigenvalue weighted by molar-refractivity contribution is 7.97. The second-order valence-electron chi connectivity index (χ2n) is 13.8. The van der Waals surface area contributed by atoms with Gasteiger partial charge in [-0.2, -0.15) is 9.40 Å². The predicted octanol–water partition coefficient (Wildman–Crippen LogP) is 6.59. The zero-order valence-electron chi connectivity index (χ0n) is 28.6. The van der Waals surface area contributed by atoms with Crippen LogP contribution < -0.4 is 20.1 Å². The zero-order chi connectivity index (χ0) is 35.0. The van der Waals surface area contributed by atoms with Crippen LogP contribution in [0.5, 0.6) is 5.75 Å². The molecule has 2 aromatic heterocycles. The van der Waals surface area contributed by atoms with Crippen molar-refractivity contribution in [1.29, 1.82) is 0 Å². The van der Waals surface area contributed by atoms with Gasteiger partial charge in [0.15, 0.2) is 0 Å². The van der Waals surface area contributed by atoms with Gasteiger partial charge in [0.2, 0.25) is 0 Å². The van der Waals surface area contributed by atoms with E-state index in [1.807, 2.05) is 77.6 Å². The normalized spacial score (nSPS) is 17.5. The summed E-state index contributed by atoms with van der Waals surface area (Å²) in [4.78, 5) is 16.6. The first-order chi connectivity index (χ1) is 23.2. The molecule has 3 heterocycles. The molecule has 1 saturated heterocycles. The Hall–Kier alpha value is -5.13. The van der Waals surface area contributed by atoms with Gasteiger partial charge in [-0.1, -0.05) is 69.8 Å². The van der Waals surface area contributed by atoms with Gasteiger partial charge in [-0.15, -0.1) is 0 Å². The van der Waals surface area contributed by atoms with Gasteiger partial charge in [0, 0.05) is 53.3 Å². The van der Waals surface area contributed by atoms with Gasteiger partial charge in [-0.3, -0.25) is 14.5 Å². The minimum absolute atomic E-state index is 0.200. The molecule has 10 nitrogen and oxygen atoms in total. The molecule has 1 aliphatic rings. The average molecular weight is 678 g/mol. The van der Waals surface area contributed by atoms with Crippen molar-refractivity contribution >= 4 is 43.9 Å². The van der Waals surface area contributed by atoms with E-state index in [9.17, 15) is 9.00 Å². The van der Waals surface area contributed by atoms with Gasteiger partial charge in [0.1, 0.15) is 32.8 Å². The number of nitrogens with one attached hydrogen (secondary N) is 3. The number of aromatic nitrogens is 3. The fourth-order valence-electron chi connectivity index (χ4n) is 5.73. The topological polar surface area (TPSA) is 113 Å². The van der Waals surface area contributed by atoms with Gasteiger partial charge in [-0.25, -0.2) is 8.89 Å². The number of nitrogens with zero attached hydrogens (tertiary/aromatic N) is 4. The van der Waals surface area contributed by atoms with Crippen LogP contribution in [0.15, 0.2) is 104 Å². The first kappa shape index (κ1) is 33.8. The number of hydrogen-bond donors (Lipinski definition) is 3. The maximum atomic E-state index is 13.0. The molecular formula is C38H43N7O3S. The molecule has 11 heteroatoms. The SMILES string of the molecule is C=C(Nc1ccc(OCCc2cccnc2)c2ccccc12)Nc1cc(C(C)(C)C)nn1-c1ccc(CN2C(C)(C)C(=O)NS2(=C)=O)cc1. The predicted molar refractivity (Wildman–Crippen MR) is 199 cm³/mol. The summed E-state index contributed by atoms with van der Waals surface area (Å²) in [5.41, 5.74) is 3.51. The molecule has 254 valence electrons. The largest absolute Gasteiger partial charge is 0.493 e. The Morgan fingerprint density at radius 1 is 0.980 bits per heavy atom. The lowest BCUT2D eigenvalue weighted by Crippen LogP contribution is -2.43.